The smallest absolute Gasteiger partial charge is 0.137 e. The summed E-state index contributed by atoms with van der Waals surface area (Å²) in [5.74, 6) is 0. The molecular weight excluding hydrogens is 543 g/mol. The van der Waals surface area contributed by atoms with Crippen molar-refractivity contribution in [3.05, 3.63) is 152 Å². The molecule has 2 nitrogen and oxygen atoms in total. The Morgan fingerprint density at radius 1 is 0.419 bits per heavy atom. The Balaban J connectivity index is 1.27. The van der Waals surface area contributed by atoms with E-state index in [1.54, 1.807) is 0 Å². The predicted molar refractivity (Wildman–Crippen MR) is 184 cm³/mol. The molecule has 0 fully saturated rings. The van der Waals surface area contributed by atoms with Gasteiger partial charge < -0.3 is 9.32 Å². The van der Waals surface area contributed by atoms with Crippen LogP contribution in [0.25, 0.3) is 64.0 Å². The maximum atomic E-state index is 6.33. The average Bonchev–Trinajstić information content (AvgIpc) is 3.64. The van der Waals surface area contributed by atoms with Crippen LogP contribution >= 0.6 is 11.3 Å². The number of furan rings is 1. The molecule has 0 saturated heterocycles. The van der Waals surface area contributed by atoms with E-state index >= 15 is 0 Å². The highest BCUT2D eigenvalue weighted by Gasteiger charge is 2.17. The van der Waals surface area contributed by atoms with Gasteiger partial charge in [0, 0.05) is 54.1 Å². The lowest BCUT2D eigenvalue weighted by Crippen LogP contribution is -2.09. The molecule has 0 aliphatic carbocycles. The highest BCUT2D eigenvalue weighted by atomic mass is 32.1. The second kappa shape index (κ2) is 9.59. The molecule has 0 N–H and O–H groups in total. The van der Waals surface area contributed by atoms with Gasteiger partial charge in [-0.25, -0.2) is 0 Å². The number of benzene rings is 7. The van der Waals surface area contributed by atoms with E-state index in [9.17, 15) is 0 Å². The number of anilines is 3. The largest absolute Gasteiger partial charge is 0.456 e. The van der Waals surface area contributed by atoms with Gasteiger partial charge in [0.1, 0.15) is 11.2 Å². The van der Waals surface area contributed by atoms with Gasteiger partial charge in [-0.1, -0.05) is 91.0 Å². The number of para-hydroxylation sites is 1. The third-order valence-electron chi connectivity index (χ3n) is 8.45. The van der Waals surface area contributed by atoms with Crippen molar-refractivity contribution in [3.8, 4) is 11.1 Å². The number of hydrogen-bond donors (Lipinski definition) is 0. The van der Waals surface area contributed by atoms with E-state index in [0.29, 0.717) is 0 Å². The van der Waals surface area contributed by atoms with E-state index in [1.165, 1.54) is 42.1 Å². The molecule has 9 aromatic rings. The van der Waals surface area contributed by atoms with E-state index in [0.717, 1.165) is 39.0 Å². The van der Waals surface area contributed by atoms with Crippen LogP contribution in [0.15, 0.2) is 156 Å². The molecule has 43 heavy (non-hydrogen) atoms. The summed E-state index contributed by atoms with van der Waals surface area (Å²) >= 11 is 1.86. The van der Waals surface area contributed by atoms with Crippen LogP contribution in [-0.2, 0) is 0 Å². The van der Waals surface area contributed by atoms with Crippen LogP contribution in [0.5, 0.6) is 0 Å². The lowest BCUT2D eigenvalue weighted by atomic mass is 10.0. The summed E-state index contributed by atoms with van der Waals surface area (Å²) in [4.78, 5) is 2.34. The highest BCUT2D eigenvalue weighted by Crippen LogP contribution is 2.43. The fourth-order valence-electron chi connectivity index (χ4n) is 6.40. The molecule has 3 heteroatoms. The van der Waals surface area contributed by atoms with Gasteiger partial charge in [-0.3, -0.25) is 0 Å². The molecule has 0 atom stereocenters. The maximum Gasteiger partial charge on any atom is 0.137 e. The predicted octanol–water partition coefficient (Wildman–Crippen LogP) is 12.2. The zero-order valence-electron chi connectivity index (χ0n) is 23.2. The zero-order chi connectivity index (χ0) is 28.3. The van der Waals surface area contributed by atoms with E-state index < -0.39 is 0 Å². The number of nitrogens with zero attached hydrogens (tertiary/aromatic N) is 1. The van der Waals surface area contributed by atoms with Crippen molar-refractivity contribution in [2.75, 3.05) is 4.90 Å². The highest BCUT2D eigenvalue weighted by molar-refractivity contribution is 7.26. The lowest BCUT2D eigenvalue weighted by Gasteiger charge is -2.26. The summed E-state index contributed by atoms with van der Waals surface area (Å²) in [7, 11) is 0. The van der Waals surface area contributed by atoms with Crippen molar-refractivity contribution in [1.82, 2.24) is 0 Å². The van der Waals surface area contributed by atoms with Gasteiger partial charge in [-0.05, 0) is 76.5 Å². The quantitative estimate of drug-likeness (QED) is 0.210. The molecule has 0 aliphatic heterocycles. The summed E-state index contributed by atoms with van der Waals surface area (Å²) in [6, 6.07) is 54.3. The summed E-state index contributed by atoms with van der Waals surface area (Å²) < 4.78 is 8.96. The second-order valence-corrected chi connectivity index (χ2v) is 12.1. The molecular formula is C40H25NOS. The van der Waals surface area contributed by atoms with Crippen molar-refractivity contribution in [3.63, 3.8) is 0 Å². The molecule has 0 unspecified atom stereocenters. The Morgan fingerprint density at radius 3 is 1.95 bits per heavy atom. The number of fused-ring (bicyclic) bond motifs is 8. The summed E-state index contributed by atoms with van der Waals surface area (Å²) in [5, 5.41) is 7.42. The Bertz CT molecular complexity index is 2450. The average molecular weight is 568 g/mol. The minimum absolute atomic E-state index is 0.886. The van der Waals surface area contributed by atoms with Crippen LogP contribution in [0, 0.1) is 0 Å². The van der Waals surface area contributed by atoms with Gasteiger partial charge in [-0.15, -0.1) is 11.3 Å². The van der Waals surface area contributed by atoms with Gasteiger partial charge >= 0.3 is 0 Å². The second-order valence-electron chi connectivity index (χ2n) is 11.0. The van der Waals surface area contributed by atoms with Crippen LogP contribution in [0.1, 0.15) is 0 Å². The lowest BCUT2D eigenvalue weighted by molar-refractivity contribution is 0.669. The van der Waals surface area contributed by atoms with Crippen molar-refractivity contribution in [1.29, 1.82) is 0 Å². The van der Waals surface area contributed by atoms with Gasteiger partial charge in [-0.2, -0.15) is 0 Å². The molecule has 2 heterocycles. The van der Waals surface area contributed by atoms with Gasteiger partial charge in [0.2, 0.25) is 0 Å². The fourth-order valence-corrected chi connectivity index (χ4v) is 7.53. The molecule has 0 spiro atoms. The summed E-state index contributed by atoms with van der Waals surface area (Å²) in [6.07, 6.45) is 0. The summed E-state index contributed by atoms with van der Waals surface area (Å²) in [5.41, 5.74) is 7.46. The fraction of sp³-hybridized carbons (Fsp3) is 0. The van der Waals surface area contributed by atoms with Crippen molar-refractivity contribution in [2.24, 2.45) is 0 Å². The first-order chi connectivity index (χ1) is 21.3. The monoisotopic (exact) mass is 567 g/mol. The molecule has 7 aromatic carbocycles. The topological polar surface area (TPSA) is 16.4 Å². The van der Waals surface area contributed by atoms with Crippen LogP contribution in [0.4, 0.5) is 17.1 Å². The van der Waals surface area contributed by atoms with Gasteiger partial charge in [0.05, 0.1) is 0 Å². The van der Waals surface area contributed by atoms with E-state index in [4.69, 9.17) is 4.42 Å². The van der Waals surface area contributed by atoms with Crippen LogP contribution in [-0.4, -0.2) is 0 Å². The number of hydrogen-bond acceptors (Lipinski definition) is 3. The molecule has 9 rings (SSSR count). The standard InChI is InChI=1S/C40H25NOS/c1-2-8-26(9-3-1)27-14-18-29(19-15-27)41(31-21-22-33-32-10-4-6-12-36(32)42-37(33)25-31)30-20-16-28-17-23-39-40(35(28)24-30)34-11-5-7-13-38(34)43-39/h1-25H. The van der Waals surface area contributed by atoms with Crippen LogP contribution in [0.3, 0.4) is 0 Å². The Kier molecular flexibility index (Phi) is 5.40. The Morgan fingerprint density at radius 2 is 1.07 bits per heavy atom. The molecule has 0 amide bonds. The third kappa shape index (κ3) is 3.93. The molecule has 202 valence electrons. The Hall–Kier alpha value is -5.38. The molecule has 0 radical (unpaired) electrons. The van der Waals surface area contributed by atoms with Crippen LogP contribution < -0.4 is 4.90 Å². The zero-order valence-corrected chi connectivity index (χ0v) is 24.0. The SMILES string of the molecule is c1ccc(-c2ccc(N(c3ccc4c(c3)oc3ccccc34)c3ccc4ccc5sc6ccccc6c5c4c3)cc2)cc1. The molecule has 0 saturated carbocycles. The molecule has 2 aromatic heterocycles. The van der Waals surface area contributed by atoms with Crippen molar-refractivity contribution >= 4 is 81.3 Å². The van der Waals surface area contributed by atoms with Crippen molar-refractivity contribution < 1.29 is 4.42 Å². The number of thiophene rings is 1. The first kappa shape index (κ1) is 24.2. The summed E-state index contributed by atoms with van der Waals surface area (Å²) in [6.45, 7) is 0. The van der Waals surface area contributed by atoms with E-state index in [2.05, 4.69) is 144 Å². The molecule has 0 aliphatic rings. The first-order valence-corrected chi connectivity index (χ1v) is 15.3. The van der Waals surface area contributed by atoms with Gasteiger partial charge in [0.25, 0.3) is 0 Å². The molecule has 0 bridgehead atoms. The van der Waals surface area contributed by atoms with Gasteiger partial charge in [0.15, 0.2) is 0 Å². The number of rotatable bonds is 4. The van der Waals surface area contributed by atoms with E-state index in [-0.39, 0.29) is 0 Å². The normalized spacial score (nSPS) is 11.7. The van der Waals surface area contributed by atoms with Crippen LogP contribution in [0.2, 0.25) is 0 Å². The maximum absolute atomic E-state index is 6.33. The third-order valence-corrected chi connectivity index (χ3v) is 9.59. The van der Waals surface area contributed by atoms with Crippen molar-refractivity contribution in [2.45, 2.75) is 0 Å². The Labute approximate surface area is 252 Å². The minimum atomic E-state index is 0.886. The van der Waals surface area contributed by atoms with E-state index in [1.807, 2.05) is 23.5 Å². The first-order valence-electron chi connectivity index (χ1n) is 14.5. The minimum Gasteiger partial charge on any atom is -0.456 e.